The summed E-state index contributed by atoms with van der Waals surface area (Å²) in [6.07, 6.45) is -7.35. The van der Waals surface area contributed by atoms with Gasteiger partial charge in [-0.25, -0.2) is 8.42 Å². The fourth-order valence-corrected chi connectivity index (χ4v) is 5.17. The predicted octanol–water partition coefficient (Wildman–Crippen LogP) is 3.13. The molecule has 0 fully saturated rings. The fraction of sp³-hybridized carbons (Fsp3) is 0.588. The van der Waals surface area contributed by atoms with E-state index in [9.17, 15) is 44.7 Å². The topological polar surface area (TPSA) is 94.9 Å². The summed E-state index contributed by atoms with van der Waals surface area (Å²) in [5, 5.41) is 18.6. The molecular formula is C17H19F6NO5S. The van der Waals surface area contributed by atoms with Crippen LogP contribution < -0.4 is 0 Å². The number of hydrogen-bond acceptors (Lipinski definition) is 4. The minimum Gasteiger partial charge on any atom is -0.480 e. The third-order valence-corrected chi connectivity index (χ3v) is 7.04. The van der Waals surface area contributed by atoms with Crippen molar-refractivity contribution in [3.63, 3.8) is 0 Å². The highest BCUT2D eigenvalue weighted by Gasteiger charge is 2.73. The first-order valence-corrected chi connectivity index (χ1v) is 10.2. The molecule has 0 bridgehead atoms. The van der Waals surface area contributed by atoms with Gasteiger partial charge in [0.15, 0.2) is 0 Å². The number of aliphatic carboxylic acids is 1. The standard InChI is InChI=1S/C17H19F6NO5S/c18-16(19,20)15(27,17(21,22)23)11-6-8-12(9-7-11)24(10-14(25)26)30(28,29)13-4-2-1-3-5-13/h1-2,4,6,8,11-12,27H,3,5,7,9-10H2,(H,25,26). The van der Waals surface area contributed by atoms with E-state index in [-0.39, 0.29) is 11.3 Å². The van der Waals surface area contributed by atoms with Crippen LogP contribution in [0.4, 0.5) is 26.3 Å². The summed E-state index contributed by atoms with van der Waals surface area (Å²) >= 11 is 0. The first kappa shape index (κ1) is 24.4. The van der Waals surface area contributed by atoms with Gasteiger partial charge in [0.1, 0.15) is 6.54 Å². The molecule has 0 radical (unpaired) electrons. The minimum absolute atomic E-state index is 0.0793. The molecule has 2 rings (SSSR count). The summed E-state index contributed by atoms with van der Waals surface area (Å²) in [6.45, 7) is -1.02. The minimum atomic E-state index is -6.01. The van der Waals surface area contributed by atoms with Crippen molar-refractivity contribution in [1.82, 2.24) is 4.31 Å². The third-order valence-electron chi connectivity index (χ3n) is 5.02. The molecule has 0 aliphatic heterocycles. The Balaban J connectivity index is 2.38. The van der Waals surface area contributed by atoms with Gasteiger partial charge >= 0.3 is 18.3 Å². The van der Waals surface area contributed by atoms with E-state index in [1.807, 2.05) is 0 Å². The molecule has 0 aromatic heterocycles. The molecule has 6 nitrogen and oxygen atoms in total. The van der Waals surface area contributed by atoms with Crippen LogP contribution in [0.5, 0.6) is 0 Å². The highest BCUT2D eigenvalue weighted by Crippen LogP contribution is 2.50. The second-order valence-electron chi connectivity index (χ2n) is 6.94. The maximum absolute atomic E-state index is 13.0. The number of carboxylic acid groups (broad SMARTS) is 1. The van der Waals surface area contributed by atoms with Crippen LogP contribution in [0.2, 0.25) is 0 Å². The predicted molar refractivity (Wildman–Crippen MR) is 92.4 cm³/mol. The zero-order valence-electron chi connectivity index (χ0n) is 15.3. The average molecular weight is 463 g/mol. The Morgan fingerprint density at radius 3 is 2.10 bits per heavy atom. The molecule has 0 aromatic carbocycles. The number of carbonyl (C=O) groups is 1. The van der Waals surface area contributed by atoms with E-state index in [2.05, 4.69) is 0 Å². The zero-order valence-corrected chi connectivity index (χ0v) is 16.1. The molecule has 2 N–H and O–H groups in total. The van der Waals surface area contributed by atoms with Gasteiger partial charge in [-0.2, -0.15) is 30.6 Å². The van der Waals surface area contributed by atoms with Gasteiger partial charge < -0.3 is 10.2 Å². The molecule has 2 atom stereocenters. The Morgan fingerprint density at radius 1 is 1.10 bits per heavy atom. The molecule has 0 saturated heterocycles. The summed E-state index contributed by atoms with van der Waals surface area (Å²) in [5.41, 5.74) is -5.01. The van der Waals surface area contributed by atoms with Crippen LogP contribution in [-0.2, 0) is 14.8 Å². The van der Waals surface area contributed by atoms with Crippen molar-refractivity contribution in [2.45, 2.75) is 49.7 Å². The summed E-state index contributed by atoms with van der Waals surface area (Å²) in [4.78, 5) is 11.1. The van der Waals surface area contributed by atoms with E-state index in [4.69, 9.17) is 5.11 Å². The first-order valence-electron chi connectivity index (χ1n) is 8.76. The van der Waals surface area contributed by atoms with Crippen molar-refractivity contribution in [2.75, 3.05) is 6.54 Å². The largest absolute Gasteiger partial charge is 0.480 e. The monoisotopic (exact) mass is 463 g/mol. The number of rotatable bonds is 6. The van der Waals surface area contributed by atoms with Crippen LogP contribution in [0.15, 0.2) is 35.3 Å². The number of sulfonamides is 1. The van der Waals surface area contributed by atoms with Gasteiger partial charge in [0.05, 0.1) is 4.91 Å². The molecule has 0 saturated carbocycles. The molecular weight excluding hydrogens is 444 g/mol. The summed E-state index contributed by atoms with van der Waals surface area (Å²) < 4.78 is 104. The van der Waals surface area contributed by atoms with E-state index >= 15 is 0 Å². The van der Waals surface area contributed by atoms with Crippen molar-refractivity contribution in [1.29, 1.82) is 0 Å². The van der Waals surface area contributed by atoms with Crippen LogP contribution in [-0.4, -0.2) is 59.4 Å². The fourth-order valence-electron chi connectivity index (χ4n) is 3.43. The normalized spacial score (nSPS) is 23.5. The van der Waals surface area contributed by atoms with E-state index in [0.29, 0.717) is 16.8 Å². The van der Waals surface area contributed by atoms with Gasteiger partial charge in [-0.05, 0) is 31.8 Å². The van der Waals surface area contributed by atoms with Crippen molar-refractivity contribution in [2.24, 2.45) is 5.92 Å². The van der Waals surface area contributed by atoms with Crippen LogP contribution in [0.1, 0.15) is 25.7 Å². The number of alkyl halides is 6. The van der Waals surface area contributed by atoms with E-state index < -0.39 is 65.3 Å². The van der Waals surface area contributed by atoms with Crippen molar-refractivity contribution in [3.05, 3.63) is 35.3 Å². The quantitative estimate of drug-likeness (QED) is 0.466. The van der Waals surface area contributed by atoms with Crippen molar-refractivity contribution in [3.8, 4) is 0 Å². The lowest BCUT2D eigenvalue weighted by Crippen LogP contribution is -2.62. The Kier molecular flexibility index (Phi) is 6.79. The van der Waals surface area contributed by atoms with Gasteiger partial charge in [0.2, 0.25) is 10.0 Å². The summed E-state index contributed by atoms with van der Waals surface area (Å²) in [6, 6.07) is -1.28. The summed E-state index contributed by atoms with van der Waals surface area (Å²) in [7, 11) is -4.32. The average Bonchev–Trinajstić information content (AvgIpc) is 2.64. The van der Waals surface area contributed by atoms with E-state index in [0.717, 1.165) is 6.08 Å². The van der Waals surface area contributed by atoms with Gasteiger partial charge in [0, 0.05) is 12.0 Å². The molecule has 30 heavy (non-hydrogen) atoms. The number of aliphatic hydroxyl groups is 1. The van der Waals surface area contributed by atoms with Gasteiger partial charge in [-0.1, -0.05) is 24.3 Å². The second kappa shape index (κ2) is 8.35. The number of carboxylic acids is 1. The number of nitrogens with zero attached hydrogens (tertiary/aromatic N) is 1. The van der Waals surface area contributed by atoms with Gasteiger partial charge in [-0.15, -0.1) is 0 Å². The van der Waals surface area contributed by atoms with E-state index in [1.54, 1.807) is 6.08 Å². The lowest BCUT2D eigenvalue weighted by molar-refractivity contribution is -0.381. The number of halogens is 6. The third kappa shape index (κ3) is 4.57. The van der Waals surface area contributed by atoms with E-state index in [1.165, 1.54) is 12.2 Å². The Hall–Kier alpha value is -1.86. The number of allylic oxidation sites excluding steroid dienone is 4. The highest BCUT2D eigenvalue weighted by molar-refractivity contribution is 7.93. The molecule has 2 aliphatic carbocycles. The maximum Gasteiger partial charge on any atom is 0.426 e. The summed E-state index contributed by atoms with van der Waals surface area (Å²) in [5.74, 6) is -3.94. The van der Waals surface area contributed by atoms with Crippen molar-refractivity contribution >= 4 is 16.0 Å². The Bertz CT molecular complexity index is 845. The highest BCUT2D eigenvalue weighted by atomic mass is 32.2. The van der Waals surface area contributed by atoms with Crippen LogP contribution in [0.3, 0.4) is 0 Å². The molecule has 0 heterocycles. The molecule has 0 spiro atoms. The Labute approximate surface area is 168 Å². The molecule has 2 aliphatic rings. The lowest BCUT2D eigenvalue weighted by atomic mass is 9.78. The maximum atomic E-state index is 13.0. The molecule has 0 amide bonds. The lowest BCUT2D eigenvalue weighted by Gasteiger charge is -2.40. The smallest absolute Gasteiger partial charge is 0.426 e. The van der Waals surface area contributed by atoms with Gasteiger partial charge in [0.25, 0.3) is 5.60 Å². The number of hydrogen-bond donors (Lipinski definition) is 2. The SMILES string of the molecule is O=C(O)CN(C1C=CC(C(O)(C(F)(F)F)C(F)(F)F)CC1)S(=O)(=O)C1=CC=CCC1. The molecule has 2 unspecified atom stereocenters. The van der Waals surface area contributed by atoms with Crippen LogP contribution in [0.25, 0.3) is 0 Å². The van der Waals surface area contributed by atoms with Crippen LogP contribution >= 0.6 is 0 Å². The van der Waals surface area contributed by atoms with Crippen LogP contribution in [0, 0.1) is 5.92 Å². The Morgan fingerprint density at radius 2 is 1.70 bits per heavy atom. The van der Waals surface area contributed by atoms with Crippen molar-refractivity contribution < 1.29 is 49.8 Å². The zero-order chi connectivity index (χ0) is 23.0. The first-order chi connectivity index (χ1) is 13.6. The molecule has 13 heteroatoms. The second-order valence-corrected chi connectivity index (χ2v) is 8.89. The van der Waals surface area contributed by atoms with Gasteiger partial charge in [-0.3, -0.25) is 4.79 Å². The molecule has 0 aromatic rings. The molecule has 170 valence electrons.